The molecule has 0 saturated heterocycles. The third-order valence-corrected chi connectivity index (χ3v) is 6.43. The van der Waals surface area contributed by atoms with Crippen LogP contribution in [0.1, 0.15) is 49.3 Å². The van der Waals surface area contributed by atoms with Gasteiger partial charge in [-0.2, -0.15) is 8.42 Å². The molecule has 0 unspecified atom stereocenters. The van der Waals surface area contributed by atoms with Crippen LogP contribution in [0.3, 0.4) is 0 Å². The van der Waals surface area contributed by atoms with Gasteiger partial charge < -0.3 is 10.4 Å². The smallest absolute Gasteiger partial charge is 0.299 e. The van der Waals surface area contributed by atoms with Gasteiger partial charge in [-0.25, -0.2) is 5.14 Å². The minimum atomic E-state index is -3.80. The van der Waals surface area contributed by atoms with Gasteiger partial charge in [0.15, 0.2) is 0 Å². The van der Waals surface area contributed by atoms with Gasteiger partial charge in [0.25, 0.3) is 10.2 Å². The average Bonchev–Trinajstić information content (AvgIpc) is 2.73. The number of aliphatic hydroxyl groups is 1. The number of benzene rings is 1. The third kappa shape index (κ3) is 6.24. The number of nitrogens with zero attached hydrogens (tertiary/aromatic N) is 2. The maximum Gasteiger partial charge on any atom is 0.299 e. The van der Waals surface area contributed by atoms with Crippen molar-refractivity contribution >= 4 is 15.9 Å². The van der Waals surface area contributed by atoms with E-state index in [4.69, 9.17) is 5.14 Å². The van der Waals surface area contributed by atoms with Crippen LogP contribution in [0, 0.1) is 0 Å². The summed E-state index contributed by atoms with van der Waals surface area (Å²) in [5, 5.41) is 18.9. The second-order valence-electron chi connectivity index (χ2n) is 7.56. The fraction of sp³-hybridized carbons (Fsp3) is 0.476. The summed E-state index contributed by atoms with van der Waals surface area (Å²) in [4.78, 5) is 4.01. The van der Waals surface area contributed by atoms with Crippen molar-refractivity contribution in [3.05, 3.63) is 59.9 Å². The summed E-state index contributed by atoms with van der Waals surface area (Å²) in [5.41, 5.74) is 2.51. The Labute approximate surface area is 173 Å². The van der Waals surface area contributed by atoms with E-state index in [1.165, 1.54) is 4.31 Å². The lowest BCUT2D eigenvalue weighted by molar-refractivity contribution is 0.174. The second kappa shape index (κ2) is 10.2. The molecule has 0 bridgehead atoms. The molecule has 4 N–H and O–H groups in total. The van der Waals surface area contributed by atoms with Gasteiger partial charge >= 0.3 is 0 Å². The first-order chi connectivity index (χ1) is 13.9. The number of pyridine rings is 1. The topological polar surface area (TPSA) is 109 Å². The van der Waals surface area contributed by atoms with Crippen molar-refractivity contribution in [2.45, 2.75) is 50.7 Å². The maximum absolute atomic E-state index is 12.2. The van der Waals surface area contributed by atoms with E-state index in [2.05, 4.69) is 10.3 Å². The number of hydrogen-bond donors (Lipinski definition) is 3. The summed E-state index contributed by atoms with van der Waals surface area (Å²) < 4.78 is 25.7. The molecule has 1 aliphatic carbocycles. The molecule has 0 spiro atoms. The van der Waals surface area contributed by atoms with E-state index in [1.807, 2.05) is 30.3 Å². The number of aromatic nitrogens is 1. The summed E-state index contributed by atoms with van der Waals surface area (Å²) in [6.07, 6.45) is 8.44. The molecule has 1 heterocycles. The van der Waals surface area contributed by atoms with Gasteiger partial charge in [-0.15, -0.1) is 0 Å². The van der Waals surface area contributed by atoms with Gasteiger partial charge in [-0.05, 0) is 49.6 Å². The second-order valence-corrected chi connectivity index (χ2v) is 8.98. The molecule has 0 aliphatic heterocycles. The molecule has 7 nitrogen and oxygen atoms in total. The number of nitrogens with two attached hydrogens (primary N) is 1. The molecule has 1 atom stereocenters. The van der Waals surface area contributed by atoms with Crippen molar-refractivity contribution in [1.82, 2.24) is 10.3 Å². The lowest BCUT2D eigenvalue weighted by Crippen LogP contribution is -2.45. The molecule has 158 valence electrons. The molecule has 2 aromatic rings. The molecule has 0 radical (unpaired) electrons. The molecule has 1 fully saturated rings. The number of aliphatic hydroxyl groups excluding tert-OH is 1. The Morgan fingerprint density at radius 3 is 2.52 bits per heavy atom. The Hall–Kier alpha value is -2.00. The minimum absolute atomic E-state index is 0.0553. The summed E-state index contributed by atoms with van der Waals surface area (Å²) in [6.45, 7) is 1.16. The van der Waals surface area contributed by atoms with Crippen LogP contribution < -0.4 is 14.8 Å². The summed E-state index contributed by atoms with van der Waals surface area (Å²) in [5.74, 6) is 0. The van der Waals surface area contributed by atoms with Crippen LogP contribution in [-0.4, -0.2) is 37.6 Å². The van der Waals surface area contributed by atoms with Gasteiger partial charge in [-0.1, -0.05) is 37.5 Å². The molecule has 0 amide bonds. The highest BCUT2D eigenvalue weighted by atomic mass is 32.2. The number of hydrogen-bond acceptors (Lipinski definition) is 5. The zero-order valence-corrected chi connectivity index (χ0v) is 17.4. The quantitative estimate of drug-likeness (QED) is 0.542. The first-order valence-corrected chi connectivity index (χ1v) is 11.7. The predicted molar refractivity (Wildman–Crippen MR) is 115 cm³/mol. The number of rotatable bonds is 9. The normalized spacial score (nSPS) is 16.5. The Morgan fingerprint density at radius 1 is 1.17 bits per heavy atom. The van der Waals surface area contributed by atoms with Crippen molar-refractivity contribution in [3.63, 3.8) is 0 Å². The molecule has 1 aromatic heterocycles. The third-order valence-electron chi connectivity index (χ3n) is 5.37. The Balaban J connectivity index is 1.53. The van der Waals surface area contributed by atoms with Crippen LogP contribution in [0.25, 0.3) is 0 Å². The van der Waals surface area contributed by atoms with E-state index < -0.39 is 16.3 Å². The molecule has 1 aromatic carbocycles. The number of anilines is 1. The zero-order valence-electron chi connectivity index (χ0n) is 16.6. The van der Waals surface area contributed by atoms with Crippen molar-refractivity contribution in [1.29, 1.82) is 0 Å². The Bertz CT molecular complexity index is 853. The summed E-state index contributed by atoms with van der Waals surface area (Å²) in [6, 6.07) is 11.1. The summed E-state index contributed by atoms with van der Waals surface area (Å²) in [7, 11) is -3.80. The Morgan fingerprint density at radius 2 is 1.90 bits per heavy atom. The fourth-order valence-electron chi connectivity index (χ4n) is 3.85. The first kappa shape index (κ1) is 21.7. The van der Waals surface area contributed by atoms with E-state index in [0.29, 0.717) is 18.8 Å². The largest absolute Gasteiger partial charge is 0.387 e. The molecule has 1 saturated carbocycles. The minimum Gasteiger partial charge on any atom is -0.387 e. The van der Waals surface area contributed by atoms with Crippen molar-refractivity contribution in [2.75, 3.05) is 17.4 Å². The van der Waals surface area contributed by atoms with Crippen molar-refractivity contribution < 1.29 is 13.5 Å². The van der Waals surface area contributed by atoms with Gasteiger partial charge in [0.2, 0.25) is 0 Å². The maximum atomic E-state index is 12.2. The van der Waals surface area contributed by atoms with E-state index in [-0.39, 0.29) is 6.04 Å². The van der Waals surface area contributed by atoms with Crippen LogP contribution >= 0.6 is 0 Å². The first-order valence-electron chi connectivity index (χ1n) is 10.1. The van der Waals surface area contributed by atoms with Gasteiger partial charge in [0, 0.05) is 30.5 Å². The number of nitrogens with one attached hydrogen (secondary N) is 1. The van der Waals surface area contributed by atoms with E-state index in [0.717, 1.165) is 49.7 Å². The summed E-state index contributed by atoms with van der Waals surface area (Å²) >= 11 is 0. The van der Waals surface area contributed by atoms with Crippen LogP contribution in [0.5, 0.6) is 0 Å². The van der Waals surface area contributed by atoms with Crippen molar-refractivity contribution in [3.8, 4) is 0 Å². The van der Waals surface area contributed by atoms with Gasteiger partial charge in [0.05, 0.1) is 11.8 Å². The highest BCUT2D eigenvalue weighted by molar-refractivity contribution is 7.90. The van der Waals surface area contributed by atoms with Gasteiger partial charge in [-0.3, -0.25) is 9.29 Å². The lowest BCUT2D eigenvalue weighted by atomic mass is 9.95. The Kier molecular flexibility index (Phi) is 7.60. The highest BCUT2D eigenvalue weighted by Crippen LogP contribution is 2.29. The van der Waals surface area contributed by atoms with E-state index in [1.54, 1.807) is 18.5 Å². The standard InChI is InChI=1S/C21H30N4O3S/c22-29(27,28)25(19-6-2-1-3-7-19)20-10-8-17(9-11-20)12-14-24-16-21(26)18-5-4-13-23-15-18/h4-5,8-11,13,15,19,21,24,26H,1-3,6-7,12,14,16H2,(H2,22,27,28)/t21-/m0/s1. The molecule has 29 heavy (non-hydrogen) atoms. The van der Waals surface area contributed by atoms with Gasteiger partial charge in [0.1, 0.15) is 0 Å². The molecular weight excluding hydrogens is 388 g/mol. The molecule has 3 rings (SSSR count). The fourth-order valence-corrected chi connectivity index (χ4v) is 4.89. The van der Waals surface area contributed by atoms with Crippen LogP contribution in [0.15, 0.2) is 48.8 Å². The average molecular weight is 419 g/mol. The molecular formula is C21H30N4O3S. The molecule has 1 aliphatic rings. The predicted octanol–water partition coefficient (Wildman–Crippen LogP) is 2.29. The van der Waals surface area contributed by atoms with Crippen LogP contribution in [-0.2, 0) is 16.6 Å². The van der Waals surface area contributed by atoms with Crippen LogP contribution in [0.2, 0.25) is 0 Å². The highest BCUT2D eigenvalue weighted by Gasteiger charge is 2.28. The zero-order chi connectivity index (χ0) is 20.7. The SMILES string of the molecule is NS(=O)(=O)N(c1ccc(CCNC[C@H](O)c2cccnc2)cc1)C1CCCCC1. The van der Waals surface area contributed by atoms with Crippen molar-refractivity contribution in [2.24, 2.45) is 5.14 Å². The lowest BCUT2D eigenvalue weighted by Gasteiger charge is -2.33. The van der Waals surface area contributed by atoms with E-state index >= 15 is 0 Å². The van der Waals surface area contributed by atoms with E-state index in [9.17, 15) is 13.5 Å². The molecule has 8 heteroatoms. The monoisotopic (exact) mass is 418 g/mol. The van der Waals surface area contributed by atoms with Crippen LogP contribution in [0.4, 0.5) is 5.69 Å².